The SMILES string of the molecule is Nc1cccc2c1CCN(Cc1ccc(C(=O)O)o1)C2. The molecule has 0 spiro atoms. The van der Waals surface area contributed by atoms with Gasteiger partial charge in [0.2, 0.25) is 5.76 Å². The van der Waals surface area contributed by atoms with E-state index in [2.05, 4.69) is 11.0 Å². The zero-order valence-corrected chi connectivity index (χ0v) is 11.0. The Balaban J connectivity index is 1.72. The number of fused-ring (bicyclic) bond motifs is 1. The van der Waals surface area contributed by atoms with Crippen molar-refractivity contribution in [1.82, 2.24) is 4.90 Å². The van der Waals surface area contributed by atoms with E-state index in [0.717, 1.165) is 25.2 Å². The molecular weight excluding hydrogens is 256 g/mol. The van der Waals surface area contributed by atoms with Gasteiger partial charge in [-0.3, -0.25) is 4.90 Å². The van der Waals surface area contributed by atoms with Gasteiger partial charge in [0.25, 0.3) is 0 Å². The minimum atomic E-state index is -1.03. The zero-order chi connectivity index (χ0) is 14.1. The number of furan rings is 1. The van der Waals surface area contributed by atoms with Crippen LogP contribution in [0.15, 0.2) is 34.7 Å². The molecular formula is C15H16N2O3. The molecule has 5 heteroatoms. The lowest BCUT2D eigenvalue weighted by Gasteiger charge is -2.28. The lowest BCUT2D eigenvalue weighted by atomic mass is 9.98. The van der Waals surface area contributed by atoms with Crippen LogP contribution in [0.1, 0.15) is 27.4 Å². The van der Waals surface area contributed by atoms with Crippen LogP contribution in [0, 0.1) is 0 Å². The van der Waals surface area contributed by atoms with Gasteiger partial charge in [-0.2, -0.15) is 0 Å². The van der Waals surface area contributed by atoms with Crippen LogP contribution in [-0.4, -0.2) is 22.5 Å². The predicted octanol–water partition coefficient (Wildman–Crippen LogP) is 2.12. The Morgan fingerprint density at radius 3 is 2.95 bits per heavy atom. The molecule has 0 unspecified atom stereocenters. The summed E-state index contributed by atoms with van der Waals surface area (Å²) in [5.41, 5.74) is 9.30. The van der Waals surface area contributed by atoms with Crippen LogP contribution in [0.4, 0.5) is 5.69 Å². The number of hydrogen-bond acceptors (Lipinski definition) is 4. The van der Waals surface area contributed by atoms with Crippen LogP contribution in [0.25, 0.3) is 0 Å². The topological polar surface area (TPSA) is 79.7 Å². The number of aromatic carboxylic acids is 1. The van der Waals surface area contributed by atoms with Gasteiger partial charge >= 0.3 is 5.97 Å². The van der Waals surface area contributed by atoms with Crippen molar-refractivity contribution in [2.75, 3.05) is 12.3 Å². The third-order valence-electron chi connectivity index (χ3n) is 3.63. The molecule has 1 aliphatic heterocycles. The van der Waals surface area contributed by atoms with Crippen LogP contribution < -0.4 is 5.73 Å². The lowest BCUT2D eigenvalue weighted by molar-refractivity contribution is 0.0658. The minimum Gasteiger partial charge on any atom is -0.475 e. The fourth-order valence-electron chi connectivity index (χ4n) is 2.63. The molecule has 1 aromatic carbocycles. The summed E-state index contributed by atoms with van der Waals surface area (Å²) < 4.78 is 5.29. The number of carbonyl (C=O) groups is 1. The Kier molecular flexibility index (Phi) is 3.20. The van der Waals surface area contributed by atoms with Gasteiger partial charge in [0.1, 0.15) is 5.76 Å². The zero-order valence-electron chi connectivity index (χ0n) is 11.0. The van der Waals surface area contributed by atoms with Gasteiger partial charge in [-0.15, -0.1) is 0 Å². The van der Waals surface area contributed by atoms with Crippen LogP contribution in [-0.2, 0) is 19.5 Å². The number of nitrogen functional groups attached to an aromatic ring is 1. The summed E-state index contributed by atoms with van der Waals surface area (Å²) in [5, 5.41) is 8.84. The summed E-state index contributed by atoms with van der Waals surface area (Å²) in [7, 11) is 0. The van der Waals surface area contributed by atoms with Crippen molar-refractivity contribution in [1.29, 1.82) is 0 Å². The molecule has 0 fully saturated rings. The molecule has 0 aliphatic carbocycles. The largest absolute Gasteiger partial charge is 0.475 e. The Morgan fingerprint density at radius 1 is 1.35 bits per heavy atom. The molecule has 104 valence electrons. The molecule has 0 bridgehead atoms. The van der Waals surface area contributed by atoms with E-state index in [1.165, 1.54) is 17.2 Å². The van der Waals surface area contributed by atoms with Gasteiger partial charge in [0.15, 0.2) is 0 Å². The molecule has 5 nitrogen and oxygen atoms in total. The molecule has 3 rings (SSSR count). The minimum absolute atomic E-state index is 0.0124. The number of benzene rings is 1. The number of hydrogen-bond donors (Lipinski definition) is 2. The molecule has 2 heterocycles. The van der Waals surface area contributed by atoms with Crippen LogP contribution in [0.2, 0.25) is 0 Å². The molecule has 0 saturated heterocycles. The normalized spacial score (nSPS) is 15.0. The van der Waals surface area contributed by atoms with Crippen LogP contribution in [0.3, 0.4) is 0 Å². The van der Waals surface area contributed by atoms with Crippen LogP contribution >= 0.6 is 0 Å². The Labute approximate surface area is 116 Å². The van der Waals surface area contributed by atoms with E-state index in [0.29, 0.717) is 12.3 Å². The van der Waals surface area contributed by atoms with Crippen molar-refractivity contribution in [2.24, 2.45) is 0 Å². The Hall–Kier alpha value is -2.27. The van der Waals surface area contributed by atoms with Crippen molar-refractivity contribution in [2.45, 2.75) is 19.5 Å². The summed E-state index contributed by atoms with van der Waals surface area (Å²) in [6, 6.07) is 9.20. The summed E-state index contributed by atoms with van der Waals surface area (Å²) in [5.74, 6) is -0.371. The smallest absolute Gasteiger partial charge is 0.371 e. The van der Waals surface area contributed by atoms with Gasteiger partial charge in [0, 0.05) is 18.8 Å². The standard InChI is InChI=1S/C15H16N2O3/c16-13-3-1-2-10-8-17(7-6-12(10)13)9-11-4-5-14(20-11)15(18)19/h1-5H,6-9,16H2,(H,18,19). The highest BCUT2D eigenvalue weighted by atomic mass is 16.4. The highest BCUT2D eigenvalue weighted by molar-refractivity contribution is 5.84. The van der Waals surface area contributed by atoms with Gasteiger partial charge in [-0.05, 0) is 35.7 Å². The molecule has 2 aromatic rings. The van der Waals surface area contributed by atoms with Crippen molar-refractivity contribution < 1.29 is 14.3 Å². The van der Waals surface area contributed by atoms with Crippen molar-refractivity contribution in [3.63, 3.8) is 0 Å². The molecule has 0 radical (unpaired) electrons. The molecule has 20 heavy (non-hydrogen) atoms. The maximum absolute atomic E-state index is 10.8. The number of carboxylic acid groups (broad SMARTS) is 1. The number of nitrogens with two attached hydrogens (primary N) is 1. The molecule has 3 N–H and O–H groups in total. The summed E-state index contributed by atoms with van der Waals surface area (Å²) in [4.78, 5) is 13.0. The monoisotopic (exact) mass is 272 g/mol. The van der Waals surface area contributed by atoms with E-state index in [-0.39, 0.29) is 5.76 Å². The summed E-state index contributed by atoms with van der Waals surface area (Å²) in [6.45, 7) is 2.31. The van der Waals surface area contributed by atoms with Gasteiger partial charge in [0.05, 0.1) is 6.54 Å². The highest BCUT2D eigenvalue weighted by Gasteiger charge is 2.19. The lowest BCUT2D eigenvalue weighted by Crippen LogP contribution is -2.30. The highest BCUT2D eigenvalue weighted by Crippen LogP contribution is 2.25. The third kappa shape index (κ3) is 2.40. The fourth-order valence-corrected chi connectivity index (χ4v) is 2.63. The molecule has 0 atom stereocenters. The van der Waals surface area contributed by atoms with Crippen molar-refractivity contribution in [3.8, 4) is 0 Å². The predicted molar refractivity (Wildman–Crippen MR) is 74.3 cm³/mol. The van der Waals surface area contributed by atoms with E-state index in [1.807, 2.05) is 12.1 Å². The maximum Gasteiger partial charge on any atom is 0.371 e. The average Bonchev–Trinajstić information content (AvgIpc) is 2.88. The van der Waals surface area contributed by atoms with E-state index in [9.17, 15) is 4.79 Å². The first-order valence-corrected chi connectivity index (χ1v) is 6.54. The van der Waals surface area contributed by atoms with Gasteiger partial charge in [-0.1, -0.05) is 12.1 Å². The number of carboxylic acids is 1. The molecule has 0 saturated carbocycles. The number of nitrogens with zero attached hydrogens (tertiary/aromatic N) is 1. The Morgan fingerprint density at radius 2 is 2.20 bits per heavy atom. The van der Waals surface area contributed by atoms with Crippen molar-refractivity contribution >= 4 is 11.7 Å². The second-order valence-electron chi connectivity index (χ2n) is 5.02. The van der Waals surface area contributed by atoms with E-state index >= 15 is 0 Å². The number of rotatable bonds is 3. The van der Waals surface area contributed by atoms with Crippen LogP contribution in [0.5, 0.6) is 0 Å². The first-order chi connectivity index (χ1) is 9.63. The quantitative estimate of drug-likeness (QED) is 0.837. The maximum atomic E-state index is 10.8. The second-order valence-corrected chi connectivity index (χ2v) is 5.02. The van der Waals surface area contributed by atoms with Gasteiger partial charge < -0.3 is 15.3 Å². The molecule has 1 aliphatic rings. The first kappa shape index (κ1) is 12.7. The van der Waals surface area contributed by atoms with E-state index in [4.69, 9.17) is 15.3 Å². The third-order valence-corrected chi connectivity index (χ3v) is 3.63. The average molecular weight is 272 g/mol. The number of anilines is 1. The first-order valence-electron chi connectivity index (χ1n) is 6.54. The fraction of sp³-hybridized carbons (Fsp3) is 0.267. The van der Waals surface area contributed by atoms with E-state index < -0.39 is 5.97 Å². The summed E-state index contributed by atoms with van der Waals surface area (Å²) >= 11 is 0. The summed E-state index contributed by atoms with van der Waals surface area (Å²) in [6.07, 6.45) is 0.911. The second kappa shape index (κ2) is 5.02. The Bertz CT molecular complexity index is 648. The van der Waals surface area contributed by atoms with E-state index in [1.54, 1.807) is 6.07 Å². The van der Waals surface area contributed by atoms with Gasteiger partial charge in [-0.25, -0.2) is 4.79 Å². The molecule has 1 aromatic heterocycles. The molecule has 0 amide bonds. The van der Waals surface area contributed by atoms with Crippen molar-refractivity contribution in [3.05, 3.63) is 53.0 Å².